The average Bonchev–Trinajstić information content (AvgIpc) is 2.86. The minimum Gasteiger partial charge on any atom is -0.310 e. The maximum Gasteiger partial charge on any atom is 0.0462 e. The van der Waals surface area contributed by atoms with Gasteiger partial charge in [0.2, 0.25) is 0 Å². The van der Waals surface area contributed by atoms with E-state index in [4.69, 9.17) is 11.6 Å². The van der Waals surface area contributed by atoms with E-state index in [0.29, 0.717) is 0 Å². The van der Waals surface area contributed by atoms with Crippen LogP contribution < -0.4 is 5.32 Å². The van der Waals surface area contributed by atoms with Gasteiger partial charge in [0.05, 0.1) is 0 Å². The summed E-state index contributed by atoms with van der Waals surface area (Å²) >= 11 is 9.45. The standard InChI is InChI=1S/C10H11BrClN/c11-8-2-1-7(10(12)5-8)6-13-9-3-4-9/h1-2,5,9,13H,3-4,6H2. The third kappa shape index (κ3) is 2.70. The Labute approximate surface area is 91.6 Å². The Morgan fingerprint density at radius 2 is 2.23 bits per heavy atom. The van der Waals surface area contributed by atoms with E-state index < -0.39 is 0 Å². The number of nitrogens with one attached hydrogen (secondary N) is 1. The van der Waals surface area contributed by atoms with Crippen LogP contribution in [-0.2, 0) is 6.54 Å². The lowest BCUT2D eigenvalue weighted by atomic mass is 10.2. The molecule has 0 aliphatic heterocycles. The molecule has 70 valence electrons. The van der Waals surface area contributed by atoms with Crippen LogP contribution in [0.1, 0.15) is 18.4 Å². The van der Waals surface area contributed by atoms with Crippen LogP contribution >= 0.6 is 27.5 Å². The van der Waals surface area contributed by atoms with Crippen molar-refractivity contribution < 1.29 is 0 Å². The lowest BCUT2D eigenvalue weighted by Crippen LogP contribution is -2.15. The van der Waals surface area contributed by atoms with Gasteiger partial charge in [-0.1, -0.05) is 33.6 Å². The number of rotatable bonds is 3. The van der Waals surface area contributed by atoms with Gasteiger partial charge in [-0.2, -0.15) is 0 Å². The summed E-state index contributed by atoms with van der Waals surface area (Å²) in [6, 6.07) is 6.75. The minimum atomic E-state index is 0.736. The van der Waals surface area contributed by atoms with Crippen LogP contribution in [0.2, 0.25) is 5.02 Å². The van der Waals surface area contributed by atoms with E-state index in [9.17, 15) is 0 Å². The fraction of sp³-hybridized carbons (Fsp3) is 0.400. The van der Waals surface area contributed by atoms with Crippen molar-refractivity contribution in [2.45, 2.75) is 25.4 Å². The summed E-state index contributed by atoms with van der Waals surface area (Å²) in [4.78, 5) is 0. The van der Waals surface area contributed by atoms with E-state index >= 15 is 0 Å². The molecule has 1 fully saturated rings. The molecular formula is C10H11BrClN. The molecule has 0 bridgehead atoms. The molecule has 0 heterocycles. The molecule has 1 nitrogen and oxygen atoms in total. The van der Waals surface area contributed by atoms with Gasteiger partial charge in [-0.25, -0.2) is 0 Å². The van der Waals surface area contributed by atoms with Crippen LogP contribution in [0.4, 0.5) is 0 Å². The van der Waals surface area contributed by atoms with E-state index in [1.807, 2.05) is 12.1 Å². The lowest BCUT2D eigenvalue weighted by Gasteiger charge is -2.05. The van der Waals surface area contributed by atoms with Crippen LogP contribution in [-0.4, -0.2) is 6.04 Å². The largest absolute Gasteiger partial charge is 0.310 e. The zero-order valence-corrected chi connectivity index (χ0v) is 9.53. The highest BCUT2D eigenvalue weighted by atomic mass is 79.9. The van der Waals surface area contributed by atoms with Gasteiger partial charge in [0.1, 0.15) is 0 Å². The molecule has 3 heteroatoms. The van der Waals surface area contributed by atoms with Crippen LogP contribution in [0.5, 0.6) is 0 Å². The number of hydrogen-bond donors (Lipinski definition) is 1. The summed E-state index contributed by atoms with van der Waals surface area (Å²) in [5.74, 6) is 0. The Balaban J connectivity index is 2.01. The zero-order valence-electron chi connectivity index (χ0n) is 7.19. The molecule has 0 unspecified atom stereocenters. The van der Waals surface area contributed by atoms with Crippen LogP contribution in [0.3, 0.4) is 0 Å². The molecule has 0 saturated heterocycles. The maximum atomic E-state index is 6.06. The Morgan fingerprint density at radius 1 is 1.46 bits per heavy atom. The molecule has 1 aromatic rings. The molecule has 1 aliphatic rings. The van der Waals surface area contributed by atoms with E-state index in [1.165, 1.54) is 18.4 Å². The Bertz CT molecular complexity index is 310. The molecular weight excluding hydrogens is 249 g/mol. The monoisotopic (exact) mass is 259 g/mol. The molecule has 0 spiro atoms. The fourth-order valence-corrected chi connectivity index (χ4v) is 1.95. The fourth-order valence-electron chi connectivity index (χ4n) is 1.21. The molecule has 1 aliphatic carbocycles. The van der Waals surface area contributed by atoms with E-state index in [1.54, 1.807) is 0 Å². The van der Waals surface area contributed by atoms with Crippen LogP contribution in [0.15, 0.2) is 22.7 Å². The average molecular weight is 261 g/mol. The van der Waals surface area contributed by atoms with Crippen molar-refractivity contribution in [3.8, 4) is 0 Å². The lowest BCUT2D eigenvalue weighted by molar-refractivity contribution is 0.688. The van der Waals surface area contributed by atoms with Gasteiger partial charge in [0.15, 0.2) is 0 Å². The quantitative estimate of drug-likeness (QED) is 0.879. The summed E-state index contributed by atoms with van der Waals surface area (Å²) in [6.45, 7) is 0.886. The summed E-state index contributed by atoms with van der Waals surface area (Å²) in [5, 5.41) is 4.27. The first-order valence-corrected chi connectivity index (χ1v) is 5.60. The van der Waals surface area contributed by atoms with Crippen molar-refractivity contribution in [2.24, 2.45) is 0 Å². The summed E-state index contributed by atoms with van der Waals surface area (Å²) in [6.07, 6.45) is 2.63. The van der Waals surface area contributed by atoms with Gasteiger partial charge in [-0.3, -0.25) is 0 Å². The number of benzene rings is 1. The SMILES string of the molecule is Clc1cc(Br)ccc1CNC1CC1. The summed E-state index contributed by atoms with van der Waals surface area (Å²) < 4.78 is 1.03. The first-order chi connectivity index (χ1) is 6.25. The van der Waals surface area contributed by atoms with Gasteiger partial charge in [-0.05, 0) is 30.5 Å². The molecule has 0 aromatic heterocycles. The van der Waals surface area contributed by atoms with Gasteiger partial charge in [-0.15, -0.1) is 0 Å². The van der Waals surface area contributed by atoms with Crippen LogP contribution in [0, 0.1) is 0 Å². The first-order valence-electron chi connectivity index (χ1n) is 4.43. The number of halogens is 2. The van der Waals surface area contributed by atoms with Crippen molar-refractivity contribution in [3.05, 3.63) is 33.3 Å². The summed E-state index contributed by atoms with van der Waals surface area (Å²) in [5.41, 5.74) is 1.18. The van der Waals surface area contributed by atoms with Crippen molar-refractivity contribution in [1.82, 2.24) is 5.32 Å². The van der Waals surface area contributed by atoms with Crippen LogP contribution in [0.25, 0.3) is 0 Å². The van der Waals surface area contributed by atoms with Gasteiger partial charge >= 0.3 is 0 Å². The minimum absolute atomic E-state index is 0.736. The number of hydrogen-bond acceptors (Lipinski definition) is 1. The molecule has 1 aromatic carbocycles. The van der Waals surface area contributed by atoms with E-state index in [-0.39, 0.29) is 0 Å². The smallest absolute Gasteiger partial charge is 0.0462 e. The van der Waals surface area contributed by atoms with E-state index in [2.05, 4.69) is 27.3 Å². The molecule has 0 radical (unpaired) electrons. The van der Waals surface area contributed by atoms with Crippen molar-refractivity contribution in [1.29, 1.82) is 0 Å². The second-order valence-electron chi connectivity index (χ2n) is 3.39. The van der Waals surface area contributed by atoms with Crippen molar-refractivity contribution in [2.75, 3.05) is 0 Å². The second kappa shape index (κ2) is 3.99. The van der Waals surface area contributed by atoms with Gasteiger partial charge < -0.3 is 5.32 Å². The highest BCUT2D eigenvalue weighted by molar-refractivity contribution is 9.10. The molecule has 0 amide bonds. The molecule has 1 N–H and O–H groups in total. The third-order valence-corrected chi connectivity index (χ3v) is 3.02. The highest BCUT2D eigenvalue weighted by Gasteiger charge is 2.20. The molecule has 2 rings (SSSR count). The Hall–Kier alpha value is -0.0500. The van der Waals surface area contributed by atoms with Crippen molar-refractivity contribution in [3.63, 3.8) is 0 Å². The molecule has 13 heavy (non-hydrogen) atoms. The predicted molar refractivity (Wildman–Crippen MR) is 59.0 cm³/mol. The Morgan fingerprint density at radius 3 is 2.85 bits per heavy atom. The second-order valence-corrected chi connectivity index (χ2v) is 4.71. The molecule has 1 saturated carbocycles. The Kier molecular flexibility index (Phi) is 2.92. The van der Waals surface area contributed by atoms with Gasteiger partial charge in [0.25, 0.3) is 0 Å². The normalized spacial score (nSPS) is 16.2. The van der Waals surface area contributed by atoms with Gasteiger partial charge in [0, 0.05) is 22.1 Å². The topological polar surface area (TPSA) is 12.0 Å². The molecule has 0 atom stereocenters. The third-order valence-electron chi connectivity index (χ3n) is 2.17. The van der Waals surface area contributed by atoms with Crippen molar-refractivity contribution >= 4 is 27.5 Å². The highest BCUT2D eigenvalue weighted by Crippen LogP contribution is 2.23. The zero-order chi connectivity index (χ0) is 9.26. The first kappa shape index (κ1) is 9.50. The maximum absolute atomic E-state index is 6.06. The summed E-state index contributed by atoms with van der Waals surface area (Å²) in [7, 11) is 0. The van der Waals surface area contributed by atoms with E-state index in [0.717, 1.165) is 22.1 Å². The predicted octanol–water partition coefficient (Wildman–Crippen LogP) is 3.35.